The Kier molecular flexibility index (Phi) is 10.7. The number of hydrogen-bond donors (Lipinski definition) is 3. The molecule has 2 aromatic rings. The molecule has 0 bridgehead atoms. The lowest BCUT2D eigenvalue weighted by molar-refractivity contribution is -0.0212. The summed E-state index contributed by atoms with van der Waals surface area (Å²) in [5.74, 6) is 0.709. The van der Waals surface area contributed by atoms with Crippen LogP contribution >= 0.6 is 35.3 Å². The summed E-state index contributed by atoms with van der Waals surface area (Å²) in [6.45, 7) is 11.4. The van der Waals surface area contributed by atoms with Gasteiger partial charge in [0.05, 0.1) is 25.8 Å². The standard InChI is InChI=1S/C23H34N4O2S.HI/c1-4-24-22(26-17-23(3,28)21-8-11-30-16-21)25-13-19-6-5-7-20(12-19)15-27-9-10-29-18(2)14-27;/h5-8,11-12,16,18,28H,4,9-10,13-15,17H2,1-3H3,(H2,24,25,26);1H. The lowest BCUT2D eigenvalue weighted by Gasteiger charge is -2.31. The number of morpholine rings is 1. The van der Waals surface area contributed by atoms with Gasteiger partial charge in [-0.3, -0.25) is 4.90 Å². The predicted molar refractivity (Wildman–Crippen MR) is 139 cm³/mol. The van der Waals surface area contributed by atoms with Gasteiger partial charge in [-0.15, -0.1) is 24.0 Å². The Morgan fingerprint density at radius 1 is 1.32 bits per heavy atom. The van der Waals surface area contributed by atoms with E-state index in [1.165, 1.54) is 11.1 Å². The number of halogens is 1. The summed E-state index contributed by atoms with van der Waals surface area (Å²) in [6, 6.07) is 10.6. The number of aliphatic hydroxyl groups is 1. The van der Waals surface area contributed by atoms with E-state index >= 15 is 0 Å². The van der Waals surface area contributed by atoms with Crippen molar-refractivity contribution in [3.63, 3.8) is 0 Å². The van der Waals surface area contributed by atoms with E-state index < -0.39 is 5.60 Å². The summed E-state index contributed by atoms with van der Waals surface area (Å²) in [4.78, 5) is 7.16. The molecule has 31 heavy (non-hydrogen) atoms. The van der Waals surface area contributed by atoms with E-state index in [2.05, 4.69) is 46.7 Å². The molecular weight excluding hydrogens is 523 g/mol. The minimum absolute atomic E-state index is 0. The van der Waals surface area contributed by atoms with Gasteiger partial charge in [0.1, 0.15) is 5.60 Å². The zero-order valence-corrected chi connectivity index (χ0v) is 21.8. The normalized spacial score (nSPS) is 19.4. The molecule has 2 atom stereocenters. The zero-order valence-electron chi connectivity index (χ0n) is 18.6. The van der Waals surface area contributed by atoms with Crippen molar-refractivity contribution < 1.29 is 9.84 Å². The number of benzene rings is 1. The van der Waals surface area contributed by atoms with Gasteiger partial charge in [0.2, 0.25) is 0 Å². The number of nitrogens with one attached hydrogen (secondary N) is 2. The van der Waals surface area contributed by atoms with Gasteiger partial charge in [-0.1, -0.05) is 24.3 Å². The molecule has 8 heteroatoms. The Bertz CT molecular complexity index is 814. The van der Waals surface area contributed by atoms with Crippen LogP contribution in [0, 0.1) is 0 Å². The number of aliphatic imine (C=N–C) groups is 1. The van der Waals surface area contributed by atoms with Gasteiger partial charge in [0.15, 0.2) is 5.96 Å². The molecule has 6 nitrogen and oxygen atoms in total. The smallest absolute Gasteiger partial charge is 0.191 e. The second kappa shape index (κ2) is 12.7. The molecule has 0 spiro atoms. The second-order valence-corrected chi connectivity index (χ2v) is 8.85. The van der Waals surface area contributed by atoms with Crippen molar-refractivity contribution >= 4 is 41.3 Å². The molecule has 0 radical (unpaired) electrons. The fourth-order valence-electron chi connectivity index (χ4n) is 3.56. The first-order valence-electron chi connectivity index (χ1n) is 10.7. The van der Waals surface area contributed by atoms with Gasteiger partial charge >= 0.3 is 0 Å². The number of ether oxygens (including phenoxy) is 1. The van der Waals surface area contributed by atoms with E-state index in [1.807, 2.05) is 30.7 Å². The summed E-state index contributed by atoms with van der Waals surface area (Å²) in [5.41, 5.74) is 2.46. The molecule has 1 aliphatic rings. The molecule has 2 heterocycles. The van der Waals surface area contributed by atoms with Gasteiger partial charge < -0.3 is 20.5 Å². The number of guanidine groups is 1. The average molecular weight is 559 g/mol. The van der Waals surface area contributed by atoms with E-state index in [4.69, 9.17) is 9.73 Å². The quantitative estimate of drug-likeness (QED) is 0.263. The largest absolute Gasteiger partial charge is 0.384 e. The van der Waals surface area contributed by atoms with Crippen LogP contribution in [0.3, 0.4) is 0 Å². The highest BCUT2D eigenvalue weighted by atomic mass is 127. The summed E-state index contributed by atoms with van der Waals surface area (Å²) in [5, 5.41) is 21.2. The van der Waals surface area contributed by atoms with E-state index in [1.54, 1.807) is 11.3 Å². The van der Waals surface area contributed by atoms with Crippen LogP contribution < -0.4 is 10.6 Å². The Labute approximate surface area is 207 Å². The Morgan fingerprint density at radius 3 is 2.84 bits per heavy atom. The molecule has 172 valence electrons. The highest BCUT2D eigenvalue weighted by Crippen LogP contribution is 2.22. The SMILES string of the molecule is CCNC(=NCc1cccc(CN2CCOC(C)C2)c1)NCC(C)(O)c1ccsc1.I. The van der Waals surface area contributed by atoms with Crippen molar-refractivity contribution in [1.82, 2.24) is 15.5 Å². The van der Waals surface area contributed by atoms with Crippen molar-refractivity contribution in [2.75, 3.05) is 32.8 Å². The summed E-state index contributed by atoms with van der Waals surface area (Å²) in [6.07, 6.45) is 0.298. The predicted octanol–water partition coefficient (Wildman–Crippen LogP) is 3.55. The molecule has 0 saturated carbocycles. The molecule has 0 aliphatic carbocycles. The molecule has 3 rings (SSSR count). The maximum atomic E-state index is 10.7. The van der Waals surface area contributed by atoms with Crippen molar-refractivity contribution in [2.24, 2.45) is 4.99 Å². The first-order valence-corrected chi connectivity index (χ1v) is 11.6. The van der Waals surface area contributed by atoms with Gasteiger partial charge in [-0.2, -0.15) is 11.3 Å². The number of thiophene rings is 1. The maximum Gasteiger partial charge on any atom is 0.191 e. The summed E-state index contributed by atoms with van der Waals surface area (Å²) >= 11 is 1.59. The molecule has 3 N–H and O–H groups in total. The van der Waals surface area contributed by atoms with Gasteiger partial charge in [0.25, 0.3) is 0 Å². The van der Waals surface area contributed by atoms with Crippen LogP contribution in [0.25, 0.3) is 0 Å². The monoisotopic (exact) mass is 558 g/mol. The minimum atomic E-state index is -0.939. The Balaban J connectivity index is 0.00000341. The highest BCUT2D eigenvalue weighted by Gasteiger charge is 2.23. The first kappa shape index (κ1) is 26.1. The van der Waals surface area contributed by atoms with E-state index in [-0.39, 0.29) is 24.0 Å². The van der Waals surface area contributed by atoms with Crippen LogP contribution in [0.15, 0.2) is 46.1 Å². The summed E-state index contributed by atoms with van der Waals surface area (Å²) in [7, 11) is 0. The van der Waals surface area contributed by atoms with Gasteiger partial charge in [-0.25, -0.2) is 4.99 Å². The van der Waals surface area contributed by atoms with E-state index in [9.17, 15) is 5.11 Å². The van der Waals surface area contributed by atoms with Crippen molar-refractivity contribution in [1.29, 1.82) is 0 Å². The molecular formula is C23H35IN4O2S. The van der Waals surface area contributed by atoms with Gasteiger partial charge in [-0.05, 0) is 54.3 Å². The molecule has 1 aliphatic heterocycles. The zero-order chi connectivity index (χ0) is 21.4. The first-order chi connectivity index (χ1) is 14.5. The van der Waals surface area contributed by atoms with Gasteiger partial charge in [0, 0.05) is 26.2 Å². The fourth-order valence-corrected chi connectivity index (χ4v) is 4.34. The highest BCUT2D eigenvalue weighted by molar-refractivity contribution is 14.0. The third-order valence-corrected chi connectivity index (χ3v) is 5.91. The van der Waals surface area contributed by atoms with Crippen LogP contribution in [-0.2, 0) is 23.4 Å². The van der Waals surface area contributed by atoms with Crippen molar-refractivity contribution in [2.45, 2.75) is 45.6 Å². The summed E-state index contributed by atoms with van der Waals surface area (Å²) < 4.78 is 5.64. The molecule has 1 aromatic carbocycles. The van der Waals surface area contributed by atoms with Crippen LogP contribution in [0.1, 0.15) is 37.5 Å². The molecule has 1 fully saturated rings. The number of rotatable bonds is 8. The fraction of sp³-hybridized carbons (Fsp3) is 0.522. The molecule has 0 amide bonds. The number of hydrogen-bond acceptors (Lipinski definition) is 5. The van der Waals surface area contributed by atoms with Crippen LogP contribution in [0.5, 0.6) is 0 Å². The molecule has 2 unspecified atom stereocenters. The average Bonchev–Trinajstić information content (AvgIpc) is 3.26. The van der Waals surface area contributed by atoms with Crippen molar-refractivity contribution in [3.8, 4) is 0 Å². The third kappa shape index (κ3) is 8.34. The maximum absolute atomic E-state index is 10.7. The van der Waals surface area contributed by atoms with Crippen LogP contribution in [-0.4, -0.2) is 54.9 Å². The Morgan fingerprint density at radius 2 is 2.13 bits per heavy atom. The molecule has 1 saturated heterocycles. The number of nitrogens with zero attached hydrogens (tertiary/aromatic N) is 2. The van der Waals surface area contributed by atoms with E-state index in [0.717, 1.165) is 38.3 Å². The van der Waals surface area contributed by atoms with E-state index in [0.29, 0.717) is 25.2 Å². The lowest BCUT2D eigenvalue weighted by Crippen LogP contribution is -2.44. The lowest BCUT2D eigenvalue weighted by atomic mass is 9.99. The third-order valence-electron chi connectivity index (χ3n) is 5.23. The molecule has 1 aromatic heterocycles. The topological polar surface area (TPSA) is 69.1 Å². The van der Waals surface area contributed by atoms with Crippen LogP contribution in [0.4, 0.5) is 0 Å². The minimum Gasteiger partial charge on any atom is -0.384 e. The van der Waals surface area contributed by atoms with Crippen LogP contribution in [0.2, 0.25) is 0 Å². The second-order valence-electron chi connectivity index (χ2n) is 8.07. The van der Waals surface area contributed by atoms with Crippen molar-refractivity contribution in [3.05, 3.63) is 57.8 Å². The Hall–Kier alpha value is -1.20.